The normalized spacial score (nSPS) is 18.6. The second-order valence-corrected chi connectivity index (χ2v) is 18.8. The zero-order valence-electron chi connectivity index (χ0n) is 44.3. The highest BCUT2D eigenvalue weighted by Gasteiger charge is 2.49. The maximum absolute atomic E-state index is 13.8. The number of benzene rings is 1. The van der Waals surface area contributed by atoms with Crippen LogP contribution in [-0.4, -0.2) is 121 Å². The van der Waals surface area contributed by atoms with Gasteiger partial charge in [-0.1, -0.05) is 94.7 Å². The summed E-state index contributed by atoms with van der Waals surface area (Å²) in [4.78, 5) is 40.7. The number of ketones is 1. The first-order chi connectivity index (χ1) is 33.5. The largest absolute Gasteiger partial charge is 0.463 e. The Kier molecular flexibility index (Phi) is 30.5. The first kappa shape index (κ1) is 60.1. The van der Waals surface area contributed by atoms with Crippen molar-refractivity contribution in [3.63, 3.8) is 0 Å². The molecule has 1 aromatic carbocycles. The summed E-state index contributed by atoms with van der Waals surface area (Å²) in [6, 6.07) is 7.53. The third-order valence-electron chi connectivity index (χ3n) is 13.8. The lowest BCUT2D eigenvalue weighted by molar-refractivity contribution is -0.162. The summed E-state index contributed by atoms with van der Waals surface area (Å²) in [7, 11) is 0. The van der Waals surface area contributed by atoms with Crippen molar-refractivity contribution in [1.82, 2.24) is 0 Å². The van der Waals surface area contributed by atoms with E-state index in [1.54, 1.807) is 6.07 Å². The number of ether oxygens (including phenoxy) is 9. The smallest absolute Gasteiger partial charge is 0.338 e. The molecule has 0 heterocycles. The highest BCUT2D eigenvalue weighted by Crippen LogP contribution is 2.46. The Morgan fingerprint density at radius 2 is 1.30 bits per heavy atom. The summed E-state index contributed by atoms with van der Waals surface area (Å²) in [6.45, 7) is 23.0. The van der Waals surface area contributed by atoms with E-state index in [0.717, 1.165) is 69.8 Å². The van der Waals surface area contributed by atoms with E-state index in [1.165, 1.54) is 16.7 Å². The standard InChI is InChI=1S/C57H92O12/c1-10-47(11-2)64-36-30-61-33-39-67-55(59)50-25-17-16-23-46(50)42-57(14-5,15-6)69-41-35-63-32-38-66-54-52(58)29-28-49-45(24-19-22-44(9)21-18-20-43(7)8)26-27-51(53(49)54)56(60)68-40-34-62-31-37-65-48(12-3)13-4/h16-17,20,22-23,25-26,47-49,51,53-54H,10-15,18-19,21,24,27-42H2,1-9H3. The van der Waals surface area contributed by atoms with Crippen molar-refractivity contribution < 1.29 is 57.0 Å². The van der Waals surface area contributed by atoms with Gasteiger partial charge in [0.2, 0.25) is 0 Å². The Hall–Kier alpha value is -3.23. The van der Waals surface area contributed by atoms with Crippen molar-refractivity contribution in [1.29, 1.82) is 0 Å². The number of hydrogen-bond donors (Lipinski definition) is 0. The second kappa shape index (κ2) is 35.0. The highest BCUT2D eigenvalue weighted by atomic mass is 16.6. The number of rotatable bonds is 38. The molecule has 0 aromatic heterocycles. The first-order valence-corrected chi connectivity index (χ1v) is 26.6. The van der Waals surface area contributed by atoms with Crippen molar-refractivity contribution >= 4 is 17.7 Å². The molecule has 0 amide bonds. The van der Waals surface area contributed by atoms with Gasteiger partial charge in [0.05, 0.1) is 95.4 Å². The maximum atomic E-state index is 13.8. The van der Waals surface area contributed by atoms with Crippen LogP contribution in [0.5, 0.6) is 0 Å². The van der Waals surface area contributed by atoms with Crippen LogP contribution >= 0.6 is 0 Å². The number of esters is 2. The van der Waals surface area contributed by atoms with Gasteiger partial charge >= 0.3 is 11.9 Å². The Bertz CT molecular complexity index is 1690. The van der Waals surface area contributed by atoms with Gasteiger partial charge in [-0.25, -0.2) is 4.79 Å². The molecule has 2 aliphatic carbocycles. The minimum atomic E-state index is -0.726. The Labute approximate surface area is 416 Å². The lowest BCUT2D eigenvalue weighted by Gasteiger charge is -2.44. The Balaban J connectivity index is 1.55. The molecule has 69 heavy (non-hydrogen) atoms. The molecule has 12 nitrogen and oxygen atoms in total. The average molecular weight is 969 g/mol. The van der Waals surface area contributed by atoms with Gasteiger partial charge in [-0.2, -0.15) is 0 Å². The van der Waals surface area contributed by atoms with Gasteiger partial charge in [-0.3, -0.25) is 9.59 Å². The Morgan fingerprint density at radius 3 is 1.93 bits per heavy atom. The van der Waals surface area contributed by atoms with Crippen LogP contribution in [0.4, 0.5) is 0 Å². The summed E-state index contributed by atoms with van der Waals surface area (Å²) >= 11 is 0. The number of hydrogen-bond acceptors (Lipinski definition) is 12. The highest BCUT2D eigenvalue weighted by molar-refractivity contribution is 5.91. The van der Waals surface area contributed by atoms with Crippen molar-refractivity contribution in [3.05, 3.63) is 70.3 Å². The summed E-state index contributed by atoms with van der Waals surface area (Å²) < 4.78 is 53.4. The third kappa shape index (κ3) is 22.0. The topological polar surface area (TPSA) is 134 Å². The van der Waals surface area contributed by atoms with E-state index in [-0.39, 0.29) is 74.8 Å². The molecule has 1 fully saturated rings. The number of carbonyl (C=O) groups excluding carboxylic acids is 3. The molecule has 1 aromatic rings. The van der Waals surface area contributed by atoms with Crippen LogP contribution in [-0.2, 0) is 58.6 Å². The molecule has 0 bridgehead atoms. The van der Waals surface area contributed by atoms with E-state index in [0.29, 0.717) is 77.5 Å². The van der Waals surface area contributed by atoms with Gasteiger partial charge in [-0.05, 0) is 115 Å². The monoisotopic (exact) mass is 969 g/mol. The lowest BCUT2D eigenvalue weighted by atomic mass is 9.63. The van der Waals surface area contributed by atoms with Gasteiger partial charge in [0.1, 0.15) is 19.3 Å². The molecule has 0 saturated heterocycles. The lowest BCUT2D eigenvalue weighted by Crippen LogP contribution is -2.49. The van der Waals surface area contributed by atoms with E-state index < -0.39 is 17.6 Å². The van der Waals surface area contributed by atoms with E-state index in [1.807, 2.05) is 18.2 Å². The van der Waals surface area contributed by atoms with Crippen LogP contribution in [0.2, 0.25) is 0 Å². The molecule has 2 aliphatic rings. The molecular formula is C57H92O12. The number of fused-ring (bicyclic) bond motifs is 1. The van der Waals surface area contributed by atoms with E-state index in [4.69, 9.17) is 42.6 Å². The molecule has 4 atom stereocenters. The fraction of sp³-hybridized carbons (Fsp3) is 0.737. The van der Waals surface area contributed by atoms with Crippen LogP contribution in [0.15, 0.2) is 59.2 Å². The maximum Gasteiger partial charge on any atom is 0.338 e. The number of Topliss-reactive ketones (excluding diaryl/α,β-unsaturated/α-hetero) is 1. The second-order valence-electron chi connectivity index (χ2n) is 18.8. The molecule has 0 radical (unpaired) electrons. The average Bonchev–Trinajstić information content (AvgIpc) is 3.35. The molecule has 12 heteroatoms. The molecule has 0 spiro atoms. The molecular weight excluding hydrogens is 877 g/mol. The van der Waals surface area contributed by atoms with Crippen LogP contribution in [0.25, 0.3) is 0 Å². The molecule has 0 N–H and O–H groups in total. The third-order valence-corrected chi connectivity index (χ3v) is 13.8. The van der Waals surface area contributed by atoms with E-state index in [9.17, 15) is 14.4 Å². The van der Waals surface area contributed by atoms with Gasteiger partial charge in [0.15, 0.2) is 5.78 Å². The van der Waals surface area contributed by atoms with Gasteiger partial charge in [0.25, 0.3) is 0 Å². The number of carbonyl (C=O) groups is 3. The SMILES string of the molecule is CCC(CC)OCCOCCOC(=O)c1ccccc1CC(CC)(CC)OCCOCCOC1C(=O)CCC2C(CCC=C(C)CCC=C(C)C)=CCC(C(=O)OCCOCCOC(CC)CC)C21. The molecule has 3 rings (SSSR count). The van der Waals surface area contributed by atoms with Crippen LogP contribution in [0.3, 0.4) is 0 Å². The predicted octanol–water partition coefficient (Wildman–Crippen LogP) is 11.4. The fourth-order valence-corrected chi connectivity index (χ4v) is 9.50. The van der Waals surface area contributed by atoms with Gasteiger partial charge < -0.3 is 42.6 Å². The predicted molar refractivity (Wildman–Crippen MR) is 273 cm³/mol. The molecule has 392 valence electrons. The molecule has 1 saturated carbocycles. The van der Waals surface area contributed by atoms with Crippen molar-refractivity contribution in [3.8, 4) is 0 Å². The van der Waals surface area contributed by atoms with Gasteiger partial charge in [-0.15, -0.1) is 0 Å². The van der Waals surface area contributed by atoms with E-state index in [2.05, 4.69) is 80.5 Å². The zero-order valence-corrected chi connectivity index (χ0v) is 44.3. The molecule has 0 aliphatic heterocycles. The van der Waals surface area contributed by atoms with Gasteiger partial charge in [0, 0.05) is 18.8 Å². The van der Waals surface area contributed by atoms with Crippen molar-refractivity contribution in [2.24, 2.45) is 17.8 Å². The van der Waals surface area contributed by atoms with Crippen LogP contribution in [0.1, 0.15) is 162 Å². The summed E-state index contributed by atoms with van der Waals surface area (Å²) in [6.07, 6.45) is 17.9. The fourth-order valence-electron chi connectivity index (χ4n) is 9.50. The van der Waals surface area contributed by atoms with Crippen LogP contribution in [0, 0.1) is 17.8 Å². The van der Waals surface area contributed by atoms with Crippen LogP contribution < -0.4 is 0 Å². The quantitative estimate of drug-likeness (QED) is 0.0355. The summed E-state index contributed by atoms with van der Waals surface area (Å²) in [5.74, 6) is -1.41. The zero-order chi connectivity index (χ0) is 50.3. The summed E-state index contributed by atoms with van der Waals surface area (Å²) in [5, 5.41) is 0. The summed E-state index contributed by atoms with van der Waals surface area (Å²) in [5.41, 5.74) is 4.90. The first-order valence-electron chi connectivity index (χ1n) is 26.6. The number of allylic oxidation sites excluding steroid dienone is 6. The van der Waals surface area contributed by atoms with Crippen molar-refractivity contribution in [2.45, 2.75) is 176 Å². The minimum absolute atomic E-state index is 0.0283. The van der Waals surface area contributed by atoms with Crippen molar-refractivity contribution in [2.75, 3.05) is 79.3 Å². The minimum Gasteiger partial charge on any atom is -0.463 e. The Morgan fingerprint density at radius 1 is 0.710 bits per heavy atom. The van der Waals surface area contributed by atoms with E-state index >= 15 is 0 Å². The molecule has 4 unspecified atom stereocenters.